The van der Waals surface area contributed by atoms with E-state index in [1.807, 2.05) is 13.0 Å². The van der Waals surface area contributed by atoms with Crippen molar-refractivity contribution in [2.45, 2.75) is 25.4 Å². The van der Waals surface area contributed by atoms with Crippen molar-refractivity contribution in [1.82, 2.24) is 0 Å². The normalized spacial score (nSPS) is 23.9. The van der Waals surface area contributed by atoms with Gasteiger partial charge in [-0.3, -0.25) is 4.79 Å². The van der Waals surface area contributed by atoms with Gasteiger partial charge in [-0.2, -0.15) is 5.26 Å². The highest BCUT2D eigenvalue weighted by molar-refractivity contribution is 6.31. The summed E-state index contributed by atoms with van der Waals surface area (Å²) in [5, 5.41) is 9.28. The van der Waals surface area contributed by atoms with E-state index in [-0.39, 0.29) is 16.5 Å². The van der Waals surface area contributed by atoms with E-state index in [4.69, 9.17) is 16.3 Å². The van der Waals surface area contributed by atoms with Gasteiger partial charge in [0.15, 0.2) is 5.78 Å². The molecule has 1 aromatic carbocycles. The molecule has 1 aromatic rings. The molecule has 100 valence electrons. The quantitative estimate of drug-likeness (QED) is 0.855. The standard InChI is InChI=1S/C14H13ClFNO2/c1-8-5-6-19-14(8)13(18)9(7-17)12-10(15)3-2-4-11(12)16/h2-4,8-9,14H,5-6H2,1H3. The van der Waals surface area contributed by atoms with E-state index >= 15 is 0 Å². The number of carbonyl (C=O) groups is 1. The van der Waals surface area contributed by atoms with Crippen molar-refractivity contribution in [3.05, 3.63) is 34.6 Å². The Morgan fingerprint density at radius 2 is 2.37 bits per heavy atom. The first kappa shape index (κ1) is 14.0. The number of ketones is 1. The molecule has 0 radical (unpaired) electrons. The van der Waals surface area contributed by atoms with E-state index in [1.165, 1.54) is 18.2 Å². The van der Waals surface area contributed by atoms with Gasteiger partial charge in [0, 0.05) is 17.2 Å². The highest BCUT2D eigenvalue weighted by Gasteiger charge is 2.37. The van der Waals surface area contributed by atoms with Gasteiger partial charge in [0.1, 0.15) is 17.8 Å². The lowest BCUT2D eigenvalue weighted by molar-refractivity contribution is -0.129. The summed E-state index contributed by atoms with van der Waals surface area (Å²) in [5.74, 6) is -2.24. The van der Waals surface area contributed by atoms with E-state index in [1.54, 1.807) is 0 Å². The molecule has 1 fully saturated rings. The van der Waals surface area contributed by atoms with Crippen LogP contribution in [0.1, 0.15) is 24.8 Å². The number of benzene rings is 1. The summed E-state index contributed by atoms with van der Waals surface area (Å²) in [6, 6.07) is 5.94. The molecule has 0 spiro atoms. The highest BCUT2D eigenvalue weighted by atomic mass is 35.5. The molecule has 1 aliphatic heterocycles. The number of nitrogens with zero attached hydrogens (tertiary/aromatic N) is 1. The highest BCUT2D eigenvalue weighted by Crippen LogP contribution is 2.32. The zero-order chi connectivity index (χ0) is 14.0. The van der Waals surface area contributed by atoms with Crippen molar-refractivity contribution < 1.29 is 13.9 Å². The van der Waals surface area contributed by atoms with Crippen molar-refractivity contribution in [2.24, 2.45) is 5.92 Å². The van der Waals surface area contributed by atoms with Gasteiger partial charge in [-0.05, 0) is 24.5 Å². The van der Waals surface area contributed by atoms with Gasteiger partial charge < -0.3 is 4.74 Å². The first-order valence-corrected chi connectivity index (χ1v) is 6.43. The number of hydrogen-bond acceptors (Lipinski definition) is 3. The van der Waals surface area contributed by atoms with Crippen LogP contribution in [0.5, 0.6) is 0 Å². The summed E-state index contributed by atoms with van der Waals surface area (Å²) in [5.41, 5.74) is -0.0561. The van der Waals surface area contributed by atoms with E-state index in [0.29, 0.717) is 6.61 Å². The molecule has 5 heteroatoms. The Balaban J connectivity index is 2.35. The van der Waals surface area contributed by atoms with Crippen LogP contribution in [0.15, 0.2) is 18.2 Å². The summed E-state index contributed by atoms with van der Waals surface area (Å²) >= 11 is 5.91. The summed E-state index contributed by atoms with van der Waals surface area (Å²) in [6.07, 6.45) is 0.111. The maximum absolute atomic E-state index is 13.8. The molecule has 1 heterocycles. The fraction of sp³-hybridized carbons (Fsp3) is 0.429. The van der Waals surface area contributed by atoms with Crippen LogP contribution in [0.4, 0.5) is 4.39 Å². The van der Waals surface area contributed by atoms with E-state index < -0.39 is 23.6 Å². The van der Waals surface area contributed by atoms with Crippen LogP contribution in [-0.4, -0.2) is 18.5 Å². The van der Waals surface area contributed by atoms with E-state index in [2.05, 4.69) is 0 Å². The van der Waals surface area contributed by atoms with Crippen molar-refractivity contribution in [3.8, 4) is 6.07 Å². The fourth-order valence-electron chi connectivity index (χ4n) is 2.28. The lowest BCUT2D eigenvalue weighted by Gasteiger charge is -2.18. The van der Waals surface area contributed by atoms with Crippen molar-refractivity contribution in [1.29, 1.82) is 5.26 Å². The van der Waals surface area contributed by atoms with Crippen LogP contribution in [0, 0.1) is 23.1 Å². The minimum absolute atomic E-state index is 0.0360. The number of rotatable bonds is 3. The largest absolute Gasteiger partial charge is 0.370 e. The predicted octanol–water partition coefficient (Wildman–Crippen LogP) is 3.08. The maximum atomic E-state index is 13.8. The Labute approximate surface area is 115 Å². The lowest BCUT2D eigenvalue weighted by atomic mass is 9.88. The van der Waals surface area contributed by atoms with Gasteiger partial charge in [-0.1, -0.05) is 24.6 Å². The second-order valence-corrected chi connectivity index (χ2v) is 5.06. The maximum Gasteiger partial charge on any atom is 0.183 e. The third kappa shape index (κ3) is 2.63. The number of ether oxygens (including phenoxy) is 1. The second-order valence-electron chi connectivity index (χ2n) is 4.66. The molecule has 2 rings (SSSR count). The van der Waals surface area contributed by atoms with E-state index in [0.717, 1.165) is 6.42 Å². The summed E-state index contributed by atoms with van der Waals surface area (Å²) in [4.78, 5) is 12.3. The summed E-state index contributed by atoms with van der Waals surface area (Å²) in [6.45, 7) is 2.37. The van der Waals surface area contributed by atoms with Crippen LogP contribution in [0.25, 0.3) is 0 Å². The van der Waals surface area contributed by atoms with Gasteiger partial charge in [0.05, 0.1) is 6.07 Å². The second kappa shape index (κ2) is 5.68. The Morgan fingerprint density at radius 3 is 2.89 bits per heavy atom. The van der Waals surface area contributed by atoms with Crippen LogP contribution in [-0.2, 0) is 9.53 Å². The van der Waals surface area contributed by atoms with E-state index in [9.17, 15) is 14.4 Å². The zero-order valence-corrected chi connectivity index (χ0v) is 11.2. The van der Waals surface area contributed by atoms with Crippen LogP contribution in [0.2, 0.25) is 5.02 Å². The molecular weight excluding hydrogens is 269 g/mol. The fourth-order valence-corrected chi connectivity index (χ4v) is 2.55. The average Bonchev–Trinajstić information content (AvgIpc) is 2.79. The summed E-state index contributed by atoms with van der Waals surface area (Å²) in [7, 11) is 0. The predicted molar refractivity (Wildman–Crippen MR) is 68.3 cm³/mol. The molecule has 0 aromatic heterocycles. The average molecular weight is 282 g/mol. The van der Waals surface area contributed by atoms with Gasteiger partial charge in [0.25, 0.3) is 0 Å². The molecule has 3 atom stereocenters. The molecule has 1 aliphatic rings. The minimum Gasteiger partial charge on any atom is -0.370 e. The summed E-state index contributed by atoms with van der Waals surface area (Å²) < 4.78 is 19.1. The molecule has 1 saturated heterocycles. The molecule has 0 N–H and O–H groups in total. The first-order chi connectivity index (χ1) is 9.06. The third-order valence-corrected chi connectivity index (χ3v) is 3.70. The van der Waals surface area contributed by atoms with Gasteiger partial charge in [-0.15, -0.1) is 0 Å². The SMILES string of the molecule is CC1CCOC1C(=O)C(C#N)c1c(F)cccc1Cl. The molecule has 19 heavy (non-hydrogen) atoms. The zero-order valence-electron chi connectivity index (χ0n) is 10.4. The number of hydrogen-bond donors (Lipinski definition) is 0. The van der Waals surface area contributed by atoms with Crippen molar-refractivity contribution in [2.75, 3.05) is 6.61 Å². The Morgan fingerprint density at radius 1 is 1.63 bits per heavy atom. The van der Waals surface area contributed by atoms with Gasteiger partial charge in [0.2, 0.25) is 0 Å². The molecule has 0 amide bonds. The van der Waals surface area contributed by atoms with Gasteiger partial charge >= 0.3 is 0 Å². The van der Waals surface area contributed by atoms with Gasteiger partial charge in [-0.25, -0.2) is 4.39 Å². The Kier molecular flexibility index (Phi) is 4.18. The molecule has 0 bridgehead atoms. The van der Waals surface area contributed by atoms with Crippen LogP contribution < -0.4 is 0 Å². The molecular formula is C14H13ClFNO2. The Bertz CT molecular complexity index is 520. The lowest BCUT2D eigenvalue weighted by Crippen LogP contribution is -2.30. The first-order valence-electron chi connectivity index (χ1n) is 6.05. The molecule has 0 saturated carbocycles. The van der Waals surface area contributed by atoms with Crippen LogP contribution in [0.3, 0.4) is 0 Å². The monoisotopic (exact) mass is 281 g/mol. The molecule has 0 aliphatic carbocycles. The van der Waals surface area contributed by atoms with Crippen LogP contribution >= 0.6 is 11.6 Å². The number of carbonyl (C=O) groups excluding carboxylic acids is 1. The smallest absolute Gasteiger partial charge is 0.183 e. The van der Waals surface area contributed by atoms with Crippen molar-refractivity contribution >= 4 is 17.4 Å². The number of nitriles is 1. The van der Waals surface area contributed by atoms with Crippen molar-refractivity contribution in [3.63, 3.8) is 0 Å². The molecule has 3 unspecified atom stereocenters. The Hall–Kier alpha value is -1.44. The third-order valence-electron chi connectivity index (χ3n) is 3.37. The number of Topliss-reactive ketones (excluding diaryl/α,β-unsaturated/α-hetero) is 1. The topological polar surface area (TPSA) is 50.1 Å². The molecule has 3 nitrogen and oxygen atoms in total. The number of halogens is 2. The minimum atomic E-state index is -1.22.